The van der Waals surface area contributed by atoms with Gasteiger partial charge < -0.3 is 5.73 Å². The van der Waals surface area contributed by atoms with Crippen molar-refractivity contribution in [2.24, 2.45) is 5.92 Å². The molecule has 0 spiro atoms. The van der Waals surface area contributed by atoms with Crippen molar-refractivity contribution in [2.75, 3.05) is 5.73 Å². The molecule has 0 aliphatic heterocycles. The summed E-state index contributed by atoms with van der Waals surface area (Å²) >= 11 is 0. The number of benzene rings is 1. The van der Waals surface area contributed by atoms with Crippen LogP contribution >= 0.6 is 0 Å². The Hall–Kier alpha value is -1.14. The van der Waals surface area contributed by atoms with E-state index in [1.165, 1.54) is 12.1 Å². The first-order valence-corrected chi connectivity index (χ1v) is 7.50. The lowest BCUT2D eigenvalue weighted by Gasteiger charge is -2.09. The molecule has 4 nitrogen and oxygen atoms in total. The largest absolute Gasteiger partial charge is 0.395 e. The quantitative estimate of drug-likeness (QED) is 0.804. The van der Waals surface area contributed by atoms with Crippen molar-refractivity contribution in [3.8, 4) is 0 Å². The van der Waals surface area contributed by atoms with E-state index in [-0.39, 0.29) is 16.6 Å². The van der Waals surface area contributed by atoms with E-state index in [0.717, 1.165) is 25.3 Å². The maximum atomic E-state index is 13.2. The molecule has 2 rings (SSSR count). The Bertz CT molecular complexity index is 545. The number of nitrogen functional groups attached to an aromatic ring is 1. The van der Waals surface area contributed by atoms with Gasteiger partial charge in [0.1, 0.15) is 10.7 Å². The highest BCUT2D eigenvalue weighted by Gasteiger charge is 2.39. The number of rotatable bonds is 5. The van der Waals surface area contributed by atoms with Gasteiger partial charge in [0.25, 0.3) is 0 Å². The zero-order chi connectivity index (χ0) is 13.3. The highest BCUT2D eigenvalue weighted by Crippen LogP contribution is 2.36. The normalized spacial score (nSPS) is 23.0. The second kappa shape index (κ2) is 4.85. The summed E-state index contributed by atoms with van der Waals surface area (Å²) in [6.07, 6.45) is 2.89. The molecule has 1 aliphatic carbocycles. The molecule has 1 aromatic rings. The number of para-hydroxylation sites is 1. The Morgan fingerprint density at radius 3 is 2.89 bits per heavy atom. The second-order valence-electron chi connectivity index (χ2n) is 4.66. The molecule has 1 saturated carbocycles. The van der Waals surface area contributed by atoms with E-state index in [1.54, 1.807) is 0 Å². The lowest BCUT2D eigenvalue weighted by atomic mass is 10.2. The number of anilines is 1. The number of sulfonamides is 1. The van der Waals surface area contributed by atoms with Gasteiger partial charge in [-0.1, -0.05) is 19.4 Å². The molecule has 6 heteroatoms. The predicted octanol–water partition coefficient (Wildman–Crippen LogP) is 1.87. The van der Waals surface area contributed by atoms with Crippen molar-refractivity contribution in [3.05, 3.63) is 24.0 Å². The smallest absolute Gasteiger partial charge is 0.242 e. The molecule has 1 aliphatic rings. The molecule has 0 aromatic heterocycles. The minimum Gasteiger partial charge on any atom is -0.395 e. The van der Waals surface area contributed by atoms with Crippen LogP contribution in [0.4, 0.5) is 10.1 Å². The standard InChI is InChI=1S/C12H17FN2O2S/c1-2-4-8-7-10(8)15-18(16,17)11-6-3-5-9(13)12(11)14/h3,5-6,8,10,15H,2,4,7,14H2,1H3. The maximum Gasteiger partial charge on any atom is 0.242 e. The predicted molar refractivity (Wildman–Crippen MR) is 67.9 cm³/mol. The molecule has 100 valence electrons. The van der Waals surface area contributed by atoms with Crippen molar-refractivity contribution in [3.63, 3.8) is 0 Å². The Morgan fingerprint density at radius 2 is 2.22 bits per heavy atom. The zero-order valence-electron chi connectivity index (χ0n) is 10.2. The maximum absolute atomic E-state index is 13.2. The summed E-state index contributed by atoms with van der Waals surface area (Å²) in [6, 6.07) is 3.78. The number of halogens is 1. The van der Waals surface area contributed by atoms with Gasteiger partial charge in [-0.05, 0) is 30.9 Å². The van der Waals surface area contributed by atoms with E-state index in [4.69, 9.17) is 5.73 Å². The lowest BCUT2D eigenvalue weighted by Crippen LogP contribution is -2.28. The minimum absolute atomic E-state index is 0.0300. The topological polar surface area (TPSA) is 72.2 Å². The average Bonchev–Trinajstić information content (AvgIpc) is 3.00. The first-order chi connectivity index (χ1) is 8.45. The molecule has 1 fully saturated rings. The Kier molecular flexibility index (Phi) is 3.59. The number of hydrogen-bond acceptors (Lipinski definition) is 3. The van der Waals surface area contributed by atoms with Crippen LogP contribution in [0.2, 0.25) is 0 Å². The number of nitrogens with one attached hydrogen (secondary N) is 1. The molecule has 2 atom stereocenters. The highest BCUT2D eigenvalue weighted by molar-refractivity contribution is 7.89. The van der Waals surface area contributed by atoms with Crippen LogP contribution in [-0.4, -0.2) is 14.5 Å². The van der Waals surface area contributed by atoms with Gasteiger partial charge in [0.05, 0.1) is 5.69 Å². The molecule has 18 heavy (non-hydrogen) atoms. The van der Waals surface area contributed by atoms with Crippen LogP contribution in [-0.2, 0) is 10.0 Å². The van der Waals surface area contributed by atoms with E-state index >= 15 is 0 Å². The van der Waals surface area contributed by atoms with Crippen molar-refractivity contribution < 1.29 is 12.8 Å². The van der Waals surface area contributed by atoms with Gasteiger partial charge >= 0.3 is 0 Å². The first-order valence-electron chi connectivity index (χ1n) is 6.02. The van der Waals surface area contributed by atoms with E-state index in [1.807, 2.05) is 0 Å². The SMILES string of the molecule is CCCC1CC1NS(=O)(=O)c1cccc(F)c1N. The number of hydrogen-bond donors (Lipinski definition) is 2. The van der Waals surface area contributed by atoms with E-state index in [0.29, 0.717) is 5.92 Å². The summed E-state index contributed by atoms with van der Waals surface area (Å²) in [6.45, 7) is 2.06. The summed E-state index contributed by atoms with van der Waals surface area (Å²) < 4.78 is 39.9. The van der Waals surface area contributed by atoms with Crippen molar-refractivity contribution in [1.29, 1.82) is 0 Å². The van der Waals surface area contributed by atoms with Crippen molar-refractivity contribution >= 4 is 15.7 Å². The molecular weight excluding hydrogens is 255 g/mol. The number of nitrogens with two attached hydrogens (primary N) is 1. The fourth-order valence-electron chi connectivity index (χ4n) is 2.10. The summed E-state index contributed by atoms with van der Waals surface area (Å²) in [7, 11) is -3.72. The molecule has 0 amide bonds. The molecule has 0 heterocycles. The third-order valence-electron chi connectivity index (χ3n) is 3.19. The summed E-state index contributed by atoms with van der Waals surface area (Å²) in [5.41, 5.74) is 5.14. The average molecular weight is 272 g/mol. The zero-order valence-corrected chi connectivity index (χ0v) is 11.0. The van der Waals surface area contributed by atoms with Gasteiger partial charge in [-0.2, -0.15) is 0 Å². The van der Waals surface area contributed by atoms with Gasteiger partial charge in [0, 0.05) is 6.04 Å². The third-order valence-corrected chi connectivity index (χ3v) is 4.74. The van der Waals surface area contributed by atoms with Crippen LogP contribution in [0.5, 0.6) is 0 Å². The van der Waals surface area contributed by atoms with Crippen LogP contribution in [0.3, 0.4) is 0 Å². The van der Waals surface area contributed by atoms with Crippen molar-refractivity contribution in [1.82, 2.24) is 4.72 Å². The Morgan fingerprint density at radius 1 is 1.50 bits per heavy atom. The van der Waals surface area contributed by atoms with Crippen LogP contribution in [0.15, 0.2) is 23.1 Å². The van der Waals surface area contributed by atoms with Gasteiger partial charge in [-0.25, -0.2) is 17.5 Å². The fourth-order valence-corrected chi connectivity index (χ4v) is 3.56. The lowest BCUT2D eigenvalue weighted by molar-refractivity contribution is 0.571. The van der Waals surface area contributed by atoms with Crippen LogP contribution in [0.1, 0.15) is 26.2 Å². The van der Waals surface area contributed by atoms with Gasteiger partial charge in [-0.15, -0.1) is 0 Å². The Balaban J connectivity index is 2.15. The second-order valence-corrected chi connectivity index (χ2v) is 6.35. The molecule has 0 bridgehead atoms. The van der Waals surface area contributed by atoms with E-state index in [9.17, 15) is 12.8 Å². The highest BCUT2D eigenvalue weighted by atomic mass is 32.2. The molecule has 3 N–H and O–H groups in total. The Labute approximate surface area is 106 Å². The minimum atomic E-state index is -3.72. The van der Waals surface area contributed by atoms with Crippen LogP contribution in [0.25, 0.3) is 0 Å². The molecule has 1 aromatic carbocycles. The molecule has 0 radical (unpaired) electrons. The molecule has 2 unspecified atom stereocenters. The summed E-state index contributed by atoms with van der Waals surface area (Å²) in [4.78, 5) is -0.176. The van der Waals surface area contributed by atoms with Gasteiger partial charge in [0.15, 0.2) is 0 Å². The van der Waals surface area contributed by atoms with Gasteiger partial charge in [-0.3, -0.25) is 0 Å². The molecule has 0 saturated heterocycles. The molecular formula is C12H17FN2O2S. The van der Waals surface area contributed by atoms with Gasteiger partial charge in [0.2, 0.25) is 10.0 Å². The van der Waals surface area contributed by atoms with Crippen molar-refractivity contribution in [2.45, 2.75) is 37.1 Å². The monoisotopic (exact) mass is 272 g/mol. The summed E-state index contributed by atoms with van der Waals surface area (Å²) in [5, 5.41) is 0. The summed E-state index contributed by atoms with van der Waals surface area (Å²) in [5.74, 6) is -0.307. The van der Waals surface area contributed by atoms with E-state index in [2.05, 4.69) is 11.6 Å². The van der Waals surface area contributed by atoms with Crippen LogP contribution in [0, 0.1) is 11.7 Å². The van der Waals surface area contributed by atoms with E-state index < -0.39 is 15.8 Å². The third kappa shape index (κ3) is 2.64. The first kappa shape index (κ1) is 13.3. The fraction of sp³-hybridized carbons (Fsp3) is 0.500. The van der Waals surface area contributed by atoms with Crippen LogP contribution < -0.4 is 10.5 Å².